The number of hydrogen-bond acceptors (Lipinski definition) is 3. The number of aryl methyl sites for hydroxylation is 2. The number of rotatable bonds is 8. The topological polar surface area (TPSA) is 37.6 Å². The molecule has 0 bridgehead atoms. The number of thiazole rings is 1. The lowest BCUT2D eigenvalue weighted by atomic mass is 10.1. The van der Waals surface area contributed by atoms with Crippen LogP contribution in [0, 0.1) is 6.92 Å². The van der Waals surface area contributed by atoms with E-state index in [9.17, 15) is 4.79 Å². The first-order chi connectivity index (χ1) is 13.0. The molecule has 0 unspecified atom stereocenters. The van der Waals surface area contributed by atoms with Gasteiger partial charge in [-0.25, -0.2) is 4.98 Å². The van der Waals surface area contributed by atoms with Gasteiger partial charge in [0.1, 0.15) is 0 Å². The summed E-state index contributed by atoms with van der Waals surface area (Å²) >= 11 is 1.62. The van der Waals surface area contributed by atoms with E-state index in [1.54, 1.807) is 11.3 Å². The molecule has 0 radical (unpaired) electrons. The molecular weight excluding hydrogens is 354 g/mol. The van der Waals surface area contributed by atoms with Gasteiger partial charge in [0.2, 0.25) is 5.91 Å². The third kappa shape index (κ3) is 5.37. The van der Waals surface area contributed by atoms with Gasteiger partial charge in [-0.3, -0.25) is 9.69 Å². The molecule has 1 N–H and O–H groups in total. The lowest BCUT2D eigenvalue weighted by Gasteiger charge is -2.20. The van der Waals surface area contributed by atoms with Crippen molar-refractivity contribution in [1.29, 1.82) is 0 Å². The number of amides is 1. The number of quaternary nitrogens is 1. The highest BCUT2D eigenvalue weighted by Gasteiger charge is 2.20. The molecule has 0 aliphatic rings. The Balaban J connectivity index is 1.77. The maximum atomic E-state index is 13.0. The molecule has 0 saturated heterocycles. The number of anilines is 1. The molecule has 142 valence electrons. The van der Waals surface area contributed by atoms with E-state index in [-0.39, 0.29) is 5.91 Å². The molecule has 27 heavy (non-hydrogen) atoms. The summed E-state index contributed by atoms with van der Waals surface area (Å²) in [6, 6.07) is 16.5. The lowest BCUT2D eigenvalue weighted by molar-refractivity contribution is -0.858. The van der Waals surface area contributed by atoms with Crippen LogP contribution in [0.5, 0.6) is 0 Å². The fraction of sp³-hybridized carbons (Fsp3) is 0.364. The molecule has 0 saturated carbocycles. The fourth-order valence-corrected chi connectivity index (χ4v) is 4.19. The molecular formula is C22H28N3OS+. The van der Waals surface area contributed by atoms with Crippen LogP contribution in [0.2, 0.25) is 0 Å². The van der Waals surface area contributed by atoms with E-state index in [1.165, 1.54) is 16.0 Å². The van der Waals surface area contributed by atoms with Gasteiger partial charge in [0.05, 0.1) is 30.9 Å². The van der Waals surface area contributed by atoms with Crippen molar-refractivity contribution < 1.29 is 9.69 Å². The van der Waals surface area contributed by atoms with Crippen LogP contribution in [0.4, 0.5) is 5.13 Å². The zero-order valence-electron chi connectivity index (χ0n) is 16.4. The van der Waals surface area contributed by atoms with Gasteiger partial charge >= 0.3 is 0 Å². The third-order valence-corrected chi connectivity index (χ3v) is 5.63. The monoisotopic (exact) mass is 382 g/mol. The summed E-state index contributed by atoms with van der Waals surface area (Å²) in [4.78, 5) is 21.1. The Hall–Kier alpha value is -2.24. The van der Waals surface area contributed by atoms with E-state index in [2.05, 4.69) is 45.3 Å². The Bertz CT molecular complexity index is 889. The van der Waals surface area contributed by atoms with Gasteiger partial charge in [-0.15, -0.1) is 0 Å². The summed E-state index contributed by atoms with van der Waals surface area (Å²) in [6.07, 6.45) is 2.24. The average molecular weight is 383 g/mol. The molecule has 1 amide bonds. The standard InChI is InChI=1S/C22H27N3OS/c1-17-10-12-19-20(16-17)27-22(23-19)25(15-7-14-24(2)3)21(26)13-11-18-8-5-4-6-9-18/h4-6,8-10,12,16H,7,11,13-15H2,1-3H3/p+1. The second-order valence-corrected chi connectivity index (χ2v) is 8.32. The van der Waals surface area contributed by atoms with Gasteiger partial charge in [-0.2, -0.15) is 0 Å². The summed E-state index contributed by atoms with van der Waals surface area (Å²) < 4.78 is 1.14. The molecule has 4 nitrogen and oxygen atoms in total. The lowest BCUT2D eigenvalue weighted by Crippen LogP contribution is -3.05. The van der Waals surface area contributed by atoms with E-state index >= 15 is 0 Å². The molecule has 5 heteroatoms. The normalized spacial score (nSPS) is 11.3. The maximum absolute atomic E-state index is 13.0. The van der Waals surface area contributed by atoms with Gasteiger partial charge in [0, 0.05) is 19.4 Å². The van der Waals surface area contributed by atoms with E-state index in [0.717, 1.165) is 41.3 Å². The van der Waals surface area contributed by atoms with Crippen molar-refractivity contribution in [3.8, 4) is 0 Å². The highest BCUT2D eigenvalue weighted by molar-refractivity contribution is 7.22. The molecule has 0 aliphatic heterocycles. The fourth-order valence-electron chi connectivity index (χ4n) is 3.08. The number of benzene rings is 2. The van der Waals surface area contributed by atoms with Crippen LogP contribution in [0.1, 0.15) is 24.0 Å². The van der Waals surface area contributed by atoms with Crippen LogP contribution in [-0.2, 0) is 11.2 Å². The van der Waals surface area contributed by atoms with E-state index in [1.807, 2.05) is 29.2 Å². The van der Waals surface area contributed by atoms with Crippen molar-refractivity contribution >= 4 is 32.6 Å². The summed E-state index contributed by atoms with van der Waals surface area (Å²) in [5.74, 6) is 0.156. The number of nitrogens with one attached hydrogen (secondary N) is 1. The van der Waals surface area contributed by atoms with Crippen molar-refractivity contribution in [3.05, 3.63) is 59.7 Å². The second kappa shape index (κ2) is 9.11. The van der Waals surface area contributed by atoms with Gasteiger partial charge in [0.25, 0.3) is 0 Å². The molecule has 2 aromatic carbocycles. The Morgan fingerprint density at radius 1 is 1.15 bits per heavy atom. The third-order valence-electron chi connectivity index (χ3n) is 4.59. The molecule has 1 aromatic heterocycles. The van der Waals surface area contributed by atoms with Crippen molar-refractivity contribution in [1.82, 2.24) is 4.98 Å². The molecule has 0 fully saturated rings. The van der Waals surface area contributed by atoms with Crippen molar-refractivity contribution in [2.24, 2.45) is 0 Å². The molecule has 1 heterocycles. The van der Waals surface area contributed by atoms with Gasteiger partial charge in [-0.05, 0) is 36.6 Å². The van der Waals surface area contributed by atoms with Crippen LogP contribution in [0.15, 0.2) is 48.5 Å². The minimum absolute atomic E-state index is 0.156. The first kappa shape index (κ1) is 19.5. The number of nitrogens with zero attached hydrogens (tertiary/aromatic N) is 2. The molecule has 3 aromatic rings. The largest absolute Gasteiger partial charge is 0.340 e. The quantitative estimate of drug-likeness (QED) is 0.650. The van der Waals surface area contributed by atoms with Gasteiger partial charge < -0.3 is 4.90 Å². The minimum atomic E-state index is 0.156. The zero-order chi connectivity index (χ0) is 19.2. The Morgan fingerprint density at radius 2 is 1.93 bits per heavy atom. The summed E-state index contributed by atoms with van der Waals surface area (Å²) in [5, 5.41) is 0.822. The van der Waals surface area contributed by atoms with Crippen LogP contribution < -0.4 is 9.80 Å². The first-order valence-electron chi connectivity index (χ1n) is 9.53. The number of carbonyl (C=O) groups is 1. The Kier molecular flexibility index (Phi) is 6.58. The maximum Gasteiger partial charge on any atom is 0.229 e. The Labute approximate surface area is 165 Å². The summed E-state index contributed by atoms with van der Waals surface area (Å²) in [5.41, 5.74) is 3.39. The summed E-state index contributed by atoms with van der Waals surface area (Å²) in [6.45, 7) is 3.84. The van der Waals surface area contributed by atoms with Crippen molar-refractivity contribution in [2.45, 2.75) is 26.2 Å². The van der Waals surface area contributed by atoms with Crippen LogP contribution in [-0.4, -0.2) is 38.1 Å². The van der Waals surface area contributed by atoms with E-state index in [4.69, 9.17) is 4.98 Å². The van der Waals surface area contributed by atoms with Crippen molar-refractivity contribution in [3.63, 3.8) is 0 Å². The van der Waals surface area contributed by atoms with E-state index < -0.39 is 0 Å². The minimum Gasteiger partial charge on any atom is -0.340 e. The predicted molar refractivity (Wildman–Crippen MR) is 114 cm³/mol. The number of carbonyl (C=O) groups excluding carboxylic acids is 1. The average Bonchev–Trinajstić information content (AvgIpc) is 3.06. The number of hydrogen-bond donors (Lipinski definition) is 1. The highest BCUT2D eigenvalue weighted by Crippen LogP contribution is 2.30. The number of fused-ring (bicyclic) bond motifs is 1. The van der Waals surface area contributed by atoms with Crippen LogP contribution >= 0.6 is 11.3 Å². The SMILES string of the molecule is Cc1ccc2nc(N(CCC[NH+](C)C)C(=O)CCc3ccccc3)sc2c1. The molecule has 3 rings (SSSR count). The number of aromatic nitrogens is 1. The smallest absolute Gasteiger partial charge is 0.229 e. The molecule has 0 spiro atoms. The van der Waals surface area contributed by atoms with Gasteiger partial charge in [-0.1, -0.05) is 47.7 Å². The van der Waals surface area contributed by atoms with Crippen molar-refractivity contribution in [2.75, 3.05) is 32.1 Å². The first-order valence-corrected chi connectivity index (χ1v) is 10.3. The van der Waals surface area contributed by atoms with Crippen LogP contribution in [0.3, 0.4) is 0 Å². The van der Waals surface area contributed by atoms with Crippen LogP contribution in [0.25, 0.3) is 10.2 Å². The van der Waals surface area contributed by atoms with E-state index in [0.29, 0.717) is 6.42 Å². The molecule has 0 atom stereocenters. The molecule has 0 aliphatic carbocycles. The summed E-state index contributed by atoms with van der Waals surface area (Å²) in [7, 11) is 4.28. The Morgan fingerprint density at radius 3 is 2.67 bits per heavy atom. The predicted octanol–water partition coefficient (Wildman–Crippen LogP) is 3.11. The van der Waals surface area contributed by atoms with Gasteiger partial charge in [0.15, 0.2) is 5.13 Å². The highest BCUT2D eigenvalue weighted by atomic mass is 32.1. The zero-order valence-corrected chi connectivity index (χ0v) is 17.2. The second-order valence-electron chi connectivity index (χ2n) is 7.31.